The lowest BCUT2D eigenvalue weighted by atomic mass is 10.2. The monoisotopic (exact) mass is 511 g/mol. The molecule has 2 aromatic carbocycles. The van der Waals surface area contributed by atoms with Crippen LogP contribution in [0.1, 0.15) is 15.9 Å². The zero-order valence-electron chi connectivity index (χ0n) is 10.1. The van der Waals surface area contributed by atoms with E-state index in [1.54, 1.807) is 12.1 Å². The van der Waals surface area contributed by atoms with Gasteiger partial charge in [0.2, 0.25) is 0 Å². The third kappa shape index (κ3) is 4.02. The van der Waals surface area contributed by atoms with Gasteiger partial charge in [0.15, 0.2) is 0 Å². The molecule has 0 radical (unpaired) electrons. The molecule has 0 aliphatic carbocycles. The summed E-state index contributed by atoms with van der Waals surface area (Å²) in [5, 5.41) is 2.78. The second kappa shape index (κ2) is 7.00. The van der Waals surface area contributed by atoms with Gasteiger partial charge in [0.1, 0.15) is 5.82 Å². The molecule has 0 aliphatic rings. The van der Waals surface area contributed by atoms with Crippen LogP contribution in [0.25, 0.3) is 0 Å². The molecule has 0 aliphatic heterocycles. The van der Waals surface area contributed by atoms with Gasteiger partial charge in [0.25, 0.3) is 5.91 Å². The summed E-state index contributed by atoms with van der Waals surface area (Å²) in [7, 11) is 0. The van der Waals surface area contributed by atoms with Crippen LogP contribution in [0.4, 0.5) is 4.39 Å². The van der Waals surface area contributed by atoms with Crippen LogP contribution in [0.5, 0.6) is 0 Å². The fourth-order valence-corrected chi connectivity index (χ4v) is 2.93. The largest absolute Gasteiger partial charge is 0.348 e. The van der Waals surface area contributed by atoms with Crippen molar-refractivity contribution in [1.29, 1.82) is 0 Å². The van der Waals surface area contributed by atoms with E-state index in [0.717, 1.165) is 12.5 Å². The first-order valence-electron chi connectivity index (χ1n) is 5.64. The lowest BCUT2D eigenvalue weighted by molar-refractivity contribution is 0.0950. The number of hydrogen-bond acceptors (Lipinski definition) is 1. The third-order valence-electron chi connectivity index (χ3n) is 2.62. The Morgan fingerprint density at radius 2 is 1.85 bits per heavy atom. The number of nitrogens with one attached hydrogen (secondary N) is 1. The van der Waals surface area contributed by atoms with Gasteiger partial charge in [-0.25, -0.2) is 4.39 Å². The van der Waals surface area contributed by atoms with E-state index >= 15 is 0 Å². The molecular formula is C14H9Br2FINO. The Kier molecular flexibility index (Phi) is 5.57. The molecular weight excluding hydrogens is 504 g/mol. The highest BCUT2D eigenvalue weighted by Crippen LogP contribution is 2.21. The Morgan fingerprint density at radius 1 is 1.15 bits per heavy atom. The van der Waals surface area contributed by atoms with E-state index in [9.17, 15) is 9.18 Å². The molecule has 0 fully saturated rings. The van der Waals surface area contributed by atoms with Crippen LogP contribution in [0.15, 0.2) is 45.3 Å². The van der Waals surface area contributed by atoms with Gasteiger partial charge in [-0.2, -0.15) is 0 Å². The van der Waals surface area contributed by atoms with Crippen LogP contribution in [0.3, 0.4) is 0 Å². The zero-order chi connectivity index (χ0) is 14.7. The van der Waals surface area contributed by atoms with Gasteiger partial charge in [0, 0.05) is 19.1 Å². The molecule has 20 heavy (non-hydrogen) atoms. The Bertz CT molecular complexity index is 664. The van der Waals surface area contributed by atoms with Gasteiger partial charge in [-0.05, 0) is 80.5 Å². The highest BCUT2D eigenvalue weighted by molar-refractivity contribution is 14.1. The van der Waals surface area contributed by atoms with Crippen LogP contribution < -0.4 is 5.32 Å². The minimum Gasteiger partial charge on any atom is -0.348 e. The maximum atomic E-state index is 13.2. The van der Waals surface area contributed by atoms with Gasteiger partial charge in [-0.3, -0.25) is 4.79 Å². The second-order valence-corrected chi connectivity index (χ2v) is 7.00. The summed E-state index contributed by atoms with van der Waals surface area (Å²) in [4.78, 5) is 12.1. The van der Waals surface area contributed by atoms with Crippen molar-refractivity contribution in [2.75, 3.05) is 0 Å². The molecule has 0 spiro atoms. The quantitative estimate of drug-likeness (QED) is 0.583. The molecule has 1 amide bonds. The van der Waals surface area contributed by atoms with Crippen molar-refractivity contribution in [2.45, 2.75) is 6.54 Å². The number of carbonyl (C=O) groups is 1. The van der Waals surface area contributed by atoms with Crippen molar-refractivity contribution in [3.05, 3.63) is 65.9 Å². The molecule has 0 atom stereocenters. The molecule has 1 N–H and O–H groups in total. The first kappa shape index (κ1) is 15.9. The highest BCUT2D eigenvalue weighted by Gasteiger charge is 2.11. The first-order valence-corrected chi connectivity index (χ1v) is 8.31. The molecule has 2 rings (SSSR count). The maximum absolute atomic E-state index is 13.2. The van der Waals surface area contributed by atoms with Crippen LogP contribution in [0.2, 0.25) is 0 Å². The predicted octanol–water partition coefficient (Wildman–Crippen LogP) is 4.89. The maximum Gasteiger partial charge on any atom is 0.252 e. The molecule has 0 heterocycles. The summed E-state index contributed by atoms with van der Waals surface area (Å²) in [6, 6.07) is 9.91. The molecule has 104 valence electrons. The summed E-state index contributed by atoms with van der Waals surface area (Å²) in [6.45, 7) is 0.259. The summed E-state index contributed by atoms with van der Waals surface area (Å²) in [6.07, 6.45) is 0. The van der Waals surface area contributed by atoms with Crippen LogP contribution in [0, 0.1) is 9.39 Å². The average Bonchev–Trinajstić information content (AvgIpc) is 2.42. The second-order valence-electron chi connectivity index (χ2n) is 4.04. The van der Waals surface area contributed by atoms with Gasteiger partial charge in [-0.1, -0.05) is 15.9 Å². The van der Waals surface area contributed by atoms with Crippen molar-refractivity contribution >= 4 is 60.4 Å². The predicted molar refractivity (Wildman–Crippen MR) is 92.1 cm³/mol. The van der Waals surface area contributed by atoms with Crippen molar-refractivity contribution in [3.8, 4) is 0 Å². The van der Waals surface area contributed by atoms with Crippen molar-refractivity contribution in [1.82, 2.24) is 5.32 Å². The van der Waals surface area contributed by atoms with Crippen LogP contribution in [-0.4, -0.2) is 5.91 Å². The molecule has 0 bridgehead atoms. The SMILES string of the molecule is O=C(NCc1cc(F)ccc1Br)c1cc(I)ccc1Br. The van der Waals surface area contributed by atoms with Crippen LogP contribution >= 0.6 is 54.5 Å². The fourth-order valence-electron chi connectivity index (χ4n) is 1.62. The number of rotatable bonds is 3. The van der Waals surface area contributed by atoms with Crippen molar-refractivity contribution in [2.24, 2.45) is 0 Å². The number of halogens is 4. The molecule has 2 nitrogen and oxygen atoms in total. The van der Waals surface area contributed by atoms with E-state index in [0.29, 0.717) is 11.1 Å². The molecule has 2 aromatic rings. The van der Waals surface area contributed by atoms with E-state index in [1.807, 2.05) is 12.1 Å². The number of hydrogen-bond donors (Lipinski definition) is 1. The first-order chi connectivity index (χ1) is 9.47. The zero-order valence-corrected chi connectivity index (χ0v) is 15.4. The van der Waals surface area contributed by atoms with E-state index < -0.39 is 0 Å². The Hall–Kier alpha value is -0.470. The lowest BCUT2D eigenvalue weighted by Crippen LogP contribution is -2.23. The number of amides is 1. The standard InChI is InChI=1S/C14H9Br2FINO/c15-12-3-1-9(17)5-8(12)7-19-14(20)11-6-10(18)2-4-13(11)16/h1-6H,7H2,(H,19,20). The van der Waals surface area contributed by atoms with E-state index in [1.165, 1.54) is 12.1 Å². The minimum atomic E-state index is -0.326. The van der Waals surface area contributed by atoms with Crippen molar-refractivity contribution < 1.29 is 9.18 Å². The molecule has 0 unspecified atom stereocenters. The number of carbonyl (C=O) groups excluding carboxylic acids is 1. The van der Waals surface area contributed by atoms with Gasteiger partial charge < -0.3 is 5.32 Å². The minimum absolute atomic E-state index is 0.202. The van der Waals surface area contributed by atoms with Crippen molar-refractivity contribution in [3.63, 3.8) is 0 Å². The van der Waals surface area contributed by atoms with E-state index in [2.05, 4.69) is 59.8 Å². The topological polar surface area (TPSA) is 29.1 Å². The summed E-state index contributed by atoms with van der Waals surface area (Å²) < 4.78 is 15.6. The molecule has 0 saturated carbocycles. The van der Waals surface area contributed by atoms with E-state index in [4.69, 9.17) is 0 Å². The average molecular weight is 513 g/mol. The molecule has 0 saturated heterocycles. The smallest absolute Gasteiger partial charge is 0.252 e. The molecule has 0 aromatic heterocycles. The van der Waals surface area contributed by atoms with Gasteiger partial charge in [-0.15, -0.1) is 0 Å². The summed E-state index contributed by atoms with van der Waals surface area (Å²) >= 11 is 8.83. The van der Waals surface area contributed by atoms with E-state index in [-0.39, 0.29) is 18.3 Å². The Balaban J connectivity index is 2.12. The Morgan fingerprint density at radius 3 is 2.60 bits per heavy atom. The van der Waals surface area contributed by atoms with Gasteiger partial charge in [0.05, 0.1) is 5.56 Å². The summed E-state index contributed by atoms with van der Waals surface area (Å²) in [5.41, 5.74) is 1.25. The van der Waals surface area contributed by atoms with Crippen LogP contribution in [-0.2, 0) is 6.54 Å². The number of benzene rings is 2. The molecule has 6 heteroatoms. The van der Waals surface area contributed by atoms with Gasteiger partial charge >= 0.3 is 0 Å². The third-order valence-corrected chi connectivity index (χ3v) is 4.76. The fraction of sp³-hybridized carbons (Fsp3) is 0.0714. The lowest BCUT2D eigenvalue weighted by Gasteiger charge is -2.09. The Labute approximate surface area is 146 Å². The summed E-state index contributed by atoms with van der Waals surface area (Å²) in [5.74, 6) is -0.528. The normalized spacial score (nSPS) is 10.4. The highest BCUT2D eigenvalue weighted by atomic mass is 127.